The molecular weight excluding hydrogens is 328 g/mol. The predicted molar refractivity (Wildman–Crippen MR) is 78.5 cm³/mol. The third-order valence-electron chi connectivity index (χ3n) is 3.23. The van der Waals surface area contributed by atoms with Crippen molar-refractivity contribution >= 4 is 39.1 Å². The van der Waals surface area contributed by atoms with E-state index in [0.29, 0.717) is 10.8 Å². The third kappa shape index (κ3) is 2.38. The molecule has 3 nitrogen and oxygen atoms in total. The molecule has 1 aliphatic rings. The number of anilines is 1. The molecule has 3 rings (SSSR count). The van der Waals surface area contributed by atoms with Crippen LogP contribution in [0, 0.1) is 0 Å². The average molecular weight is 338 g/mol. The van der Waals surface area contributed by atoms with E-state index in [2.05, 4.69) is 26.2 Å². The van der Waals surface area contributed by atoms with Crippen LogP contribution in [-0.4, -0.2) is 10.9 Å². The molecule has 0 fully saturated rings. The number of amides is 1. The van der Waals surface area contributed by atoms with E-state index in [1.807, 2.05) is 24.3 Å². The van der Waals surface area contributed by atoms with Gasteiger partial charge in [-0.3, -0.25) is 4.79 Å². The van der Waals surface area contributed by atoms with E-state index >= 15 is 0 Å². The maximum atomic E-state index is 12.2. The zero-order valence-electron chi connectivity index (χ0n) is 9.86. The average Bonchev–Trinajstić information content (AvgIpc) is 2.35. The lowest BCUT2D eigenvalue weighted by Gasteiger charge is -2.28. The molecule has 96 valence electrons. The zero-order chi connectivity index (χ0) is 13.4. The Morgan fingerprint density at radius 3 is 3.00 bits per heavy atom. The van der Waals surface area contributed by atoms with Crippen LogP contribution in [0.15, 0.2) is 41.0 Å². The van der Waals surface area contributed by atoms with Crippen LogP contribution in [-0.2, 0) is 11.2 Å². The van der Waals surface area contributed by atoms with Gasteiger partial charge in [0.25, 0.3) is 0 Å². The summed E-state index contributed by atoms with van der Waals surface area (Å²) in [5, 5.41) is 3.13. The maximum Gasteiger partial charge on any atom is 0.232 e. The highest BCUT2D eigenvalue weighted by Gasteiger charge is 2.31. The molecule has 2 aromatic rings. The Balaban J connectivity index is 1.79. The summed E-state index contributed by atoms with van der Waals surface area (Å²) in [4.78, 5) is 16.2. The summed E-state index contributed by atoms with van der Waals surface area (Å²) in [6, 6.07) is 9.72. The number of hydrogen-bond acceptors (Lipinski definition) is 2. The van der Waals surface area contributed by atoms with Crippen LogP contribution in [0.1, 0.15) is 17.0 Å². The van der Waals surface area contributed by atoms with Gasteiger partial charge >= 0.3 is 0 Å². The number of carbonyl (C=O) groups is 1. The molecule has 0 saturated carbocycles. The summed E-state index contributed by atoms with van der Waals surface area (Å²) in [6.07, 6.45) is 2.37. The minimum absolute atomic E-state index is 0.0412. The molecule has 1 amide bonds. The van der Waals surface area contributed by atoms with Gasteiger partial charge < -0.3 is 5.32 Å². The van der Waals surface area contributed by atoms with Crippen LogP contribution in [0.3, 0.4) is 0 Å². The van der Waals surface area contributed by atoms with E-state index < -0.39 is 0 Å². The molecular formula is C14H10BrClN2O. The number of pyridine rings is 1. The van der Waals surface area contributed by atoms with E-state index in [1.54, 1.807) is 12.3 Å². The van der Waals surface area contributed by atoms with Crippen LogP contribution in [0.25, 0.3) is 0 Å². The van der Waals surface area contributed by atoms with Crippen molar-refractivity contribution in [3.05, 3.63) is 57.3 Å². The van der Waals surface area contributed by atoms with E-state index in [4.69, 9.17) is 11.6 Å². The molecule has 0 bridgehead atoms. The normalized spacial score (nSPS) is 16.4. The van der Waals surface area contributed by atoms with Crippen LogP contribution in [0.2, 0.25) is 5.15 Å². The largest absolute Gasteiger partial charge is 0.323 e. The number of fused-ring (bicyclic) bond motifs is 1. The van der Waals surface area contributed by atoms with Gasteiger partial charge in [-0.05, 0) is 39.5 Å². The first kappa shape index (κ1) is 12.6. The number of carbonyl (C=O) groups excluding carboxylic acids is 1. The Labute approximate surface area is 124 Å². The van der Waals surface area contributed by atoms with Crippen molar-refractivity contribution in [2.24, 2.45) is 0 Å². The highest BCUT2D eigenvalue weighted by atomic mass is 79.9. The van der Waals surface area contributed by atoms with Gasteiger partial charge in [0.15, 0.2) is 5.15 Å². The molecule has 0 aliphatic heterocycles. The fourth-order valence-corrected chi connectivity index (χ4v) is 2.70. The fraction of sp³-hybridized carbons (Fsp3) is 0.143. The zero-order valence-corrected chi connectivity index (χ0v) is 12.2. The Morgan fingerprint density at radius 1 is 1.42 bits per heavy atom. The summed E-state index contributed by atoms with van der Waals surface area (Å²) in [7, 11) is 0. The number of halogens is 2. The number of aromatic nitrogens is 1. The summed E-state index contributed by atoms with van der Waals surface area (Å²) >= 11 is 9.27. The molecule has 1 atom stereocenters. The highest BCUT2D eigenvalue weighted by molar-refractivity contribution is 9.10. The third-order valence-corrected chi connectivity index (χ3v) is 3.97. The Hall–Kier alpha value is -1.39. The molecule has 1 aromatic heterocycles. The molecule has 1 N–H and O–H groups in total. The van der Waals surface area contributed by atoms with Crippen LogP contribution >= 0.6 is 27.5 Å². The van der Waals surface area contributed by atoms with Gasteiger partial charge in [-0.15, -0.1) is 0 Å². The fourth-order valence-electron chi connectivity index (χ4n) is 2.22. The molecule has 1 aromatic carbocycles. The Bertz CT molecular complexity index is 660. The standard InChI is InChI=1S/C14H10BrClN2O/c15-9-6-12(13(16)17-7-9)18-14(19)11-5-8-3-1-2-4-10(8)11/h1-4,6-7,11H,5H2,(H,18,19). The van der Waals surface area contributed by atoms with Crippen molar-refractivity contribution in [3.63, 3.8) is 0 Å². The summed E-state index contributed by atoms with van der Waals surface area (Å²) in [6.45, 7) is 0. The Morgan fingerprint density at radius 2 is 2.21 bits per heavy atom. The van der Waals surface area contributed by atoms with Crippen LogP contribution < -0.4 is 5.32 Å². The number of nitrogens with zero attached hydrogens (tertiary/aromatic N) is 1. The van der Waals surface area contributed by atoms with E-state index in [-0.39, 0.29) is 11.8 Å². The molecule has 0 spiro atoms. The summed E-state index contributed by atoms with van der Waals surface area (Å²) < 4.78 is 0.779. The van der Waals surface area contributed by atoms with Crippen molar-refractivity contribution < 1.29 is 4.79 Å². The van der Waals surface area contributed by atoms with Crippen molar-refractivity contribution in [2.45, 2.75) is 12.3 Å². The summed E-state index contributed by atoms with van der Waals surface area (Å²) in [5.74, 6) is -0.133. The lowest BCUT2D eigenvalue weighted by atomic mass is 9.77. The monoisotopic (exact) mass is 336 g/mol. The number of nitrogens with one attached hydrogen (secondary N) is 1. The topological polar surface area (TPSA) is 42.0 Å². The molecule has 1 heterocycles. The first-order chi connectivity index (χ1) is 9.15. The van der Waals surface area contributed by atoms with Gasteiger partial charge in [0, 0.05) is 10.7 Å². The quantitative estimate of drug-likeness (QED) is 0.848. The molecule has 0 saturated heterocycles. The second kappa shape index (κ2) is 4.94. The maximum absolute atomic E-state index is 12.2. The number of benzene rings is 1. The first-order valence-corrected chi connectivity index (χ1v) is 7.02. The molecule has 5 heteroatoms. The highest BCUT2D eigenvalue weighted by Crippen LogP contribution is 2.36. The van der Waals surface area contributed by atoms with Gasteiger partial charge in [-0.1, -0.05) is 35.9 Å². The Kier molecular flexibility index (Phi) is 3.29. The van der Waals surface area contributed by atoms with Gasteiger partial charge in [-0.25, -0.2) is 4.98 Å². The summed E-state index contributed by atoms with van der Waals surface area (Å²) in [5.41, 5.74) is 2.87. The minimum atomic E-state index is -0.0914. The predicted octanol–water partition coefficient (Wildman–Crippen LogP) is 3.78. The molecule has 19 heavy (non-hydrogen) atoms. The molecule has 0 radical (unpaired) electrons. The van der Waals surface area contributed by atoms with Gasteiger partial charge in [0.05, 0.1) is 11.6 Å². The molecule has 1 unspecified atom stereocenters. The van der Waals surface area contributed by atoms with Crippen molar-refractivity contribution in [1.82, 2.24) is 4.98 Å². The van der Waals surface area contributed by atoms with Gasteiger partial charge in [0.2, 0.25) is 5.91 Å². The first-order valence-electron chi connectivity index (χ1n) is 5.85. The van der Waals surface area contributed by atoms with Crippen LogP contribution in [0.4, 0.5) is 5.69 Å². The minimum Gasteiger partial charge on any atom is -0.323 e. The lowest BCUT2D eigenvalue weighted by Crippen LogP contribution is -2.30. The van der Waals surface area contributed by atoms with Crippen molar-refractivity contribution in [2.75, 3.05) is 5.32 Å². The van der Waals surface area contributed by atoms with E-state index in [0.717, 1.165) is 16.5 Å². The second-order valence-electron chi connectivity index (χ2n) is 4.44. The number of hydrogen-bond donors (Lipinski definition) is 1. The van der Waals surface area contributed by atoms with E-state index in [9.17, 15) is 4.79 Å². The van der Waals surface area contributed by atoms with Crippen molar-refractivity contribution in [1.29, 1.82) is 0 Å². The number of rotatable bonds is 2. The van der Waals surface area contributed by atoms with Gasteiger partial charge in [-0.2, -0.15) is 0 Å². The second-order valence-corrected chi connectivity index (χ2v) is 5.71. The lowest BCUT2D eigenvalue weighted by molar-refractivity contribution is -0.118. The van der Waals surface area contributed by atoms with Crippen LogP contribution in [0.5, 0.6) is 0 Å². The van der Waals surface area contributed by atoms with Gasteiger partial charge in [0.1, 0.15) is 0 Å². The smallest absolute Gasteiger partial charge is 0.232 e. The molecule has 1 aliphatic carbocycles. The van der Waals surface area contributed by atoms with Crippen molar-refractivity contribution in [3.8, 4) is 0 Å². The SMILES string of the molecule is O=C(Nc1cc(Br)cnc1Cl)C1Cc2ccccc21. The van der Waals surface area contributed by atoms with E-state index in [1.165, 1.54) is 5.56 Å².